The minimum Gasteiger partial charge on any atom is -0.494 e. The van der Waals surface area contributed by atoms with Crippen molar-refractivity contribution in [3.8, 4) is 17.0 Å². The van der Waals surface area contributed by atoms with E-state index in [9.17, 15) is 0 Å². The van der Waals surface area contributed by atoms with Gasteiger partial charge in [0.05, 0.1) is 12.3 Å². The number of imidazole rings is 1. The summed E-state index contributed by atoms with van der Waals surface area (Å²) >= 11 is 0. The Labute approximate surface area is 175 Å². The molecule has 0 fully saturated rings. The van der Waals surface area contributed by atoms with E-state index < -0.39 is 0 Å². The van der Waals surface area contributed by atoms with E-state index in [2.05, 4.69) is 78.9 Å². The van der Waals surface area contributed by atoms with Crippen molar-refractivity contribution < 1.29 is 4.74 Å². The van der Waals surface area contributed by atoms with E-state index in [1.165, 1.54) is 44.3 Å². The van der Waals surface area contributed by atoms with Gasteiger partial charge in [-0.05, 0) is 81.2 Å². The van der Waals surface area contributed by atoms with Gasteiger partial charge in [-0.2, -0.15) is 0 Å². The van der Waals surface area contributed by atoms with Crippen molar-refractivity contribution in [3.63, 3.8) is 0 Å². The van der Waals surface area contributed by atoms with Gasteiger partial charge in [-0.15, -0.1) is 0 Å². The van der Waals surface area contributed by atoms with E-state index in [0.29, 0.717) is 0 Å². The van der Waals surface area contributed by atoms with Crippen LogP contribution < -0.4 is 4.74 Å². The third kappa shape index (κ3) is 6.33. The van der Waals surface area contributed by atoms with Crippen LogP contribution in [0, 0.1) is 6.92 Å². The van der Waals surface area contributed by atoms with Crippen LogP contribution in [0.25, 0.3) is 16.9 Å². The highest BCUT2D eigenvalue weighted by Gasteiger charge is 2.06. The third-order valence-electron chi connectivity index (χ3n) is 5.31. The standard InChI is InChI=1S/C25H35N3O/c1-4-6-14-27(15-7-5-2)16-8-18-29-23-11-9-22(10-12-23)24-20-28-17-13-21(3)19-25(28)26-24/h9-13,17,19-20H,4-8,14-16,18H2,1-3H3. The second kappa shape index (κ2) is 11.0. The van der Waals surface area contributed by atoms with Crippen LogP contribution in [0.2, 0.25) is 0 Å². The van der Waals surface area contributed by atoms with Crippen molar-refractivity contribution in [2.45, 2.75) is 52.9 Å². The lowest BCUT2D eigenvalue weighted by Crippen LogP contribution is -2.28. The molecule has 0 saturated carbocycles. The number of hydrogen-bond donors (Lipinski definition) is 0. The number of unbranched alkanes of at least 4 members (excludes halogenated alkanes) is 2. The quantitative estimate of drug-likeness (QED) is 0.355. The molecule has 2 heterocycles. The molecule has 0 amide bonds. The van der Waals surface area contributed by atoms with Crippen molar-refractivity contribution >= 4 is 5.65 Å². The molecule has 0 saturated heterocycles. The highest BCUT2D eigenvalue weighted by atomic mass is 16.5. The van der Waals surface area contributed by atoms with Gasteiger partial charge in [0.1, 0.15) is 11.4 Å². The number of nitrogens with zero attached hydrogens (tertiary/aromatic N) is 3. The zero-order valence-electron chi connectivity index (χ0n) is 18.2. The summed E-state index contributed by atoms with van der Waals surface area (Å²) < 4.78 is 8.04. The molecule has 0 aliphatic heterocycles. The first-order chi connectivity index (χ1) is 14.2. The van der Waals surface area contributed by atoms with Crippen molar-refractivity contribution in [2.24, 2.45) is 0 Å². The maximum absolute atomic E-state index is 5.98. The molecule has 29 heavy (non-hydrogen) atoms. The van der Waals surface area contributed by atoms with Gasteiger partial charge in [0.25, 0.3) is 0 Å². The Morgan fingerprint density at radius 3 is 2.31 bits per heavy atom. The molecule has 0 spiro atoms. The molecule has 3 rings (SSSR count). The molecule has 0 unspecified atom stereocenters. The molecule has 156 valence electrons. The first-order valence-corrected chi connectivity index (χ1v) is 11.1. The van der Waals surface area contributed by atoms with Gasteiger partial charge in [-0.25, -0.2) is 4.98 Å². The number of ether oxygens (including phenoxy) is 1. The van der Waals surface area contributed by atoms with E-state index in [-0.39, 0.29) is 0 Å². The summed E-state index contributed by atoms with van der Waals surface area (Å²) in [6, 6.07) is 12.5. The van der Waals surface area contributed by atoms with E-state index in [0.717, 1.165) is 42.2 Å². The summed E-state index contributed by atoms with van der Waals surface area (Å²) in [6.45, 7) is 10.9. The van der Waals surface area contributed by atoms with Crippen molar-refractivity contribution in [2.75, 3.05) is 26.2 Å². The predicted molar refractivity (Wildman–Crippen MR) is 122 cm³/mol. The molecule has 4 heteroatoms. The summed E-state index contributed by atoms with van der Waals surface area (Å²) in [5.41, 5.74) is 4.31. The summed E-state index contributed by atoms with van der Waals surface area (Å²) in [6.07, 6.45) is 10.3. The van der Waals surface area contributed by atoms with Crippen LogP contribution in [-0.2, 0) is 0 Å². The maximum atomic E-state index is 5.98. The monoisotopic (exact) mass is 393 g/mol. The molecular formula is C25H35N3O. The molecule has 0 N–H and O–H groups in total. The lowest BCUT2D eigenvalue weighted by Gasteiger charge is -2.21. The van der Waals surface area contributed by atoms with Crippen LogP contribution in [-0.4, -0.2) is 40.5 Å². The lowest BCUT2D eigenvalue weighted by molar-refractivity contribution is 0.229. The van der Waals surface area contributed by atoms with Gasteiger partial charge < -0.3 is 14.0 Å². The number of aromatic nitrogens is 2. The molecule has 0 bridgehead atoms. The average molecular weight is 394 g/mol. The van der Waals surface area contributed by atoms with Gasteiger partial charge in [0.15, 0.2) is 0 Å². The number of benzene rings is 1. The molecule has 0 radical (unpaired) electrons. The minimum absolute atomic E-state index is 0.766. The van der Waals surface area contributed by atoms with Crippen LogP contribution >= 0.6 is 0 Å². The minimum atomic E-state index is 0.766. The second-order valence-electron chi connectivity index (χ2n) is 7.87. The number of pyridine rings is 1. The molecular weight excluding hydrogens is 358 g/mol. The first-order valence-electron chi connectivity index (χ1n) is 11.1. The molecule has 0 atom stereocenters. The Balaban J connectivity index is 1.49. The fourth-order valence-electron chi connectivity index (χ4n) is 3.52. The van der Waals surface area contributed by atoms with E-state index >= 15 is 0 Å². The summed E-state index contributed by atoms with van der Waals surface area (Å²) in [5.74, 6) is 0.932. The van der Waals surface area contributed by atoms with E-state index in [1.54, 1.807) is 0 Å². The highest BCUT2D eigenvalue weighted by Crippen LogP contribution is 2.22. The van der Waals surface area contributed by atoms with Crippen LogP contribution in [0.3, 0.4) is 0 Å². The van der Waals surface area contributed by atoms with Crippen LogP contribution in [0.4, 0.5) is 0 Å². The lowest BCUT2D eigenvalue weighted by atomic mass is 10.2. The van der Waals surface area contributed by atoms with E-state index in [4.69, 9.17) is 9.72 Å². The van der Waals surface area contributed by atoms with Crippen molar-refractivity contribution in [1.29, 1.82) is 0 Å². The zero-order valence-corrected chi connectivity index (χ0v) is 18.2. The Morgan fingerprint density at radius 2 is 1.62 bits per heavy atom. The number of rotatable bonds is 12. The van der Waals surface area contributed by atoms with Gasteiger partial charge >= 0.3 is 0 Å². The Bertz CT molecular complexity index is 861. The Morgan fingerprint density at radius 1 is 0.931 bits per heavy atom. The third-order valence-corrected chi connectivity index (χ3v) is 5.31. The Hall–Kier alpha value is -2.33. The van der Waals surface area contributed by atoms with Crippen LogP contribution in [0.5, 0.6) is 5.75 Å². The number of fused-ring (bicyclic) bond motifs is 1. The number of hydrogen-bond acceptors (Lipinski definition) is 3. The first kappa shape index (κ1) is 21.4. The SMILES string of the molecule is CCCCN(CCCC)CCCOc1ccc(-c2cn3ccc(C)cc3n2)cc1. The Kier molecular flexibility index (Phi) is 8.12. The maximum Gasteiger partial charge on any atom is 0.137 e. The van der Waals surface area contributed by atoms with Gasteiger partial charge in [0, 0.05) is 24.5 Å². The van der Waals surface area contributed by atoms with Crippen molar-refractivity contribution in [1.82, 2.24) is 14.3 Å². The normalized spacial score (nSPS) is 11.4. The molecule has 3 aromatic rings. The van der Waals surface area contributed by atoms with Crippen LogP contribution in [0.15, 0.2) is 48.8 Å². The fraction of sp³-hybridized carbons (Fsp3) is 0.480. The van der Waals surface area contributed by atoms with Gasteiger partial charge in [0.2, 0.25) is 0 Å². The number of aryl methyl sites for hydroxylation is 1. The molecule has 4 nitrogen and oxygen atoms in total. The highest BCUT2D eigenvalue weighted by molar-refractivity contribution is 5.63. The molecule has 0 aliphatic carbocycles. The predicted octanol–water partition coefficient (Wildman–Crippen LogP) is 5.98. The second-order valence-corrected chi connectivity index (χ2v) is 7.87. The summed E-state index contributed by atoms with van der Waals surface area (Å²) in [5, 5.41) is 0. The molecule has 0 aliphatic rings. The summed E-state index contributed by atoms with van der Waals surface area (Å²) in [4.78, 5) is 7.32. The largest absolute Gasteiger partial charge is 0.494 e. The van der Waals surface area contributed by atoms with Crippen molar-refractivity contribution in [3.05, 3.63) is 54.4 Å². The average Bonchev–Trinajstić information content (AvgIpc) is 3.16. The topological polar surface area (TPSA) is 29.8 Å². The zero-order chi connectivity index (χ0) is 20.5. The van der Waals surface area contributed by atoms with Gasteiger partial charge in [-0.1, -0.05) is 26.7 Å². The van der Waals surface area contributed by atoms with E-state index in [1.807, 2.05) is 0 Å². The molecule has 1 aromatic carbocycles. The smallest absolute Gasteiger partial charge is 0.137 e. The molecule has 2 aromatic heterocycles. The summed E-state index contributed by atoms with van der Waals surface area (Å²) in [7, 11) is 0. The fourth-order valence-corrected chi connectivity index (χ4v) is 3.52. The van der Waals surface area contributed by atoms with Gasteiger partial charge in [-0.3, -0.25) is 0 Å². The van der Waals surface area contributed by atoms with Crippen LogP contribution in [0.1, 0.15) is 51.5 Å².